The van der Waals surface area contributed by atoms with Gasteiger partial charge in [-0.1, -0.05) is 6.42 Å². The van der Waals surface area contributed by atoms with Crippen LogP contribution in [-0.2, 0) is 0 Å². The van der Waals surface area contributed by atoms with Gasteiger partial charge in [0.1, 0.15) is 0 Å². The molecule has 1 aliphatic rings. The van der Waals surface area contributed by atoms with Gasteiger partial charge < -0.3 is 5.73 Å². The lowest BCUT2D eigenvalue weighted by molar-refractivity contribution is 0.353. The number of benzene rings is 1. The lowest BCUT2D eigenvalue weighted by Gasteiger charge is -2.24. The molecular weight excluding hydrogens is 190 g/mol. The molecule has 14 heavy (non-hydrogen) atoms. The average molecular weight is 207 g/mol. The fraction of sp³-hybridized carbons (Fsp3) is 0.500. The predicted molar refractivity (Wildman–Crippen MR) is 63.7 cm³/mol. The summed E-state index contributed by atoms with van der Waals surface area (Å²) in [6.45, 7) is 2.14. The number of nitrogen functional groups attached to an aromatic ring is 1. The second kappa shape index (κ2) is 4.26. The standard InChI is InChI=1S/C12H17NS/c1-9-7-11(13)5-6-12(9)14-8-10-3-2-4-10/h5-7,10H,2-4,8,13H2,1H3. The summed E-state index contributed by atoms with van der Waals surface area (Å²) in [5.41, 5.74) is 7.90. The molecule has 2 N–H and O–H groups in total. The average Bonchev–Trinajstić information content (AvgIpc) is 2.05. The van der Waals surface area contributed by atoms with Gasteiger partial charge in [0.2, 0.25) is 0 Å². The van der Waals surface area contributed by atoms with E-state index in [1.807, 2.05) is 17.8 Å². The van der Waals surface area contributed by atoms with E-state index >= 15 is 0 Å². The van der Waals surface area contributed by atoms with Crippen LogP contribution in [0, 0.1) is 12.8 Å². The fourth-order valence-corrected chi connectivity index (χ4v) is 2.90. The van der Waals surface area contributed by atoms with E-state index in [4.69, 9.17) is 5.73 Å². The molecule has 1 nitrogen and oxygen atoms in total. The van der Waals surface area contributed by atoms with Gasteiger partial charge in [-0.15, -0.1) is 11.8 Å². The fourth-order valence-electron chi connectivity index (χ4n) is 1.70. The van der Waals surface area contributed by atoms with E-state index in [0.29, 0.717) is 0 Å². The summed E-state index contributed by atoms with van der Waals surface area (Å²) in [7, 11) is 0. The second-order valence-corrected chi connectivity index (χ2v) is 5.19. The van der Waals surface area contributed by atoms with Crippen molar-refractivity contribution in [1.29, 1.82) is 0 Å². The summed E-state index contributed by atoms with van der Waals surface area (Å²) in [5, 5.41) is 0. The third kappa shape index (κ3) is 2.24. The number of rotatable bonds is 3. The van der Waals surface area contributed by atoms with Crippen molar-refractivity contribution in [3.05, 3.63) is 23.8 Å². The molecule has 0 bridgehead atoms. The van der Waals surface area contributed by atoms with Crippen molar-refractivity contribution in [2.75, 3.05) is 11.5 Å². The lowest BCUT2D eigenvalue weighted by atomic mass is 9.87. The maximum absolute atomic E-state index is 5.71. The monoisotopic (exact) mass is 207 g/mol. The van der Waals surface area contributed by atoms with Gasteiger partial charge in [0.25, 0.3) is 0 Å². The molecule has 1 aliphatic carbocycles. The third-order valence-electron chi connectivity index (χ3n) is 2.90. The molecule has 2 heteroatoms. The normalized spacial score (nSPS) is 16.6. The molecular formula is C12H17NS. The number of anilines is 1. The zero-order valence-electron chi connectivity index (χ0n) is 8.62. The van der Waals surface area contributed by atoms with E-state index in [1.54, 1.807) is 0 Å². The highest BCUT2D eigenvalue weighted by molar-refractivity contribution is 7.99. The highest BCUT2D eigenvalue weighted by Crippen LogP contribution is 2.33. The Labute approximate surface area is 90.1 Å². The van der Waals surface area contributed by atoms with Crippen molar-refractivity contribution in [1.82, 2.24) is 0 Å². The molecule has 76 valence electrons. The molecule has 0 spiro atoms. The van der Waals surface area contributed by atoms with Crippen LogP contribution in [0.2, 0.25) is 0 Å². The van der Waals surface area contributed by atoms with Gasteiger partial charge in [-0.2, -0.15) is 0 Å². The third-order valence-corrected chi connectivity index (χ3v) is 4.31. The van der Waals surface area contributed by atoms with Crippen LogP contribution in [0.4, 0.5) is 5.69 Å². The van der Waals surface area contributed by atoms with Gasteiger partial charge in [-0.25, -0.2) is 0 Å². The number of aryl methyl sites for hydroxylation is 1. The quantitative estimate of drug-likeness (QED) is 0.606. The molecule has 1 saturated carbocycles. The summed E-state index contributed by atoms with van der Waals surface area (Å²) in [6, 6.07) is 6.20. The first-order valence-corrected chi connectivity index (χ1v) is 6.23. The Hall–Kier alpha value is -0.630. The van der Waals surface area contributed by atoms with Gasteiger partial charge in [0.05, 0.1) is 0 Å². The molecule has 2 rings (SSSR count). The van der Waals surface area contributed by atoms with E-state index < -0.39 is 0 Å². The van der Waals surface area contributed by atoms with Gasteiger partial charge >= 0.3 is 0 Å². The molecule has 0 aliphatic heterocycles. The predicted octanol–water partition coefficient (Wildman–Crippen LogP) is 3.47. The molecule has 1 fully saturated rings. The van der Waals surface area contributed by atoms with Crippen molar-refractivity contribution in [2.45, 2.75) is 31.1 Å². The number of thioether (sulfide) groups is 1. The van der Waals surface area contributed by atoms with Crippen molar-refractivity contribution < 1.29 is 0 Å². The molecule has 1 aromatic rings. The van der Waals surface area contributed by atoms with Gasteiger partial charge in [0.15, 0.2) is 0 Å². The lowest BCUT2D eigenvalue weighted by Crippen LogP contribution is -2.13. The minimum atomic E-state index is 0.871. The smallest absolute Gasteiger partial charge is 0.0317 e. The minimum Gasteiger partial charge on any atom is -0.399 e. The topological polar surface area (TPSA) is 26.0 Å². The molecule has 0 saturated heterocycles. The highest BCUT2D eigenvalue weighted by atomic mass is 32.2. The van der Waals surface area contributed by atoms with Gasteiger partial charge in [0, 0.05) is 16.3 Å². The molecule has 0 heterocycles. The van der Waals surface area contributed by atoms with Crippen LogP contribution < -0.4 is 5.73 Å². The first-order valence-electron chi connectivity index (χ1n) is 5.24. The molecule has 0 aromatic heterocycles. The van der Waals surface area contributed by atoms with E-state index in [2.05, 4.69) is 19.1 Å². The van der Waals surface area contributed by atoms with Crippen LogP contribution in [-0.4, -0.2) is 5.75 Å². The van der Waals surface area contributed by atoms with Gasteiger partial charge in [-0.3, -0.25) is 0 Å². The first kappa shape index (κ1) is 9.91. The van der Waals surface area contributed by atoms with Crippen LogP contribution in [0.3, 0.4) is 0 Å². The Morgan fingerprint density at radius 1 is 1.43 bits per heavy atom. The first-order chi connectivity index (χ1) is 6.75. The van der Waals surface area contributed by atoms with Gasteiger partial charge in [-0.05, 0) is 49.4 Å². The summed E-state index contributed by atoms with van der Waals surface area (Å²) in [5.74, 6) is 2.25. The van der Waals surface area contributed by atoms with Crippen LogP contribution >= 0.6 is 11.8 Å². The van der Waals surface area contributed by atoms with E-state index in [0.717, 1.165) is 11.6 Å². The summed E-state index contributed by atoms with van der Waals surface area (Å²) in [6.07, 6.45) is 4.30. The Bertz CT molecular complexity index is 318. The van der Waals surface area contributed by atoms with E-state index in [1.165, 1.54) is 35.5 Å². The second-order valence-electron chi connectivity index (χ2n) is 4.13. The summed E-state index contributed by atoms with van der Waals surface area (Å²) >= 11 is 1.98. The van der Waals surface area contributed by atoms with Crippen LogP contribution in [0.1, 0.15) is 24.8 Å². The van der Waals surface area contributed by atoms with Crippen molar-refractivity contribution >= 4 is 17.4 Å². The Balaban J connectivity index is 1.94. The van der Waals surface area contributed by atoms with Crippen molar-refractivity contribution in [3.8, 4) is 0 Å². The van der Waals surface area contributed by atoms with Crippen molar-refractivity contribution in [3.63, 3.8) is 0 Å². The van der Waals surface area contributed by atoms with Crippen LogP contribution in [0.5, 0.6) is 0 Å². The highest BCUT2D eigenvalue weighted by Gasteiger charge is 2.17. The van der Waals surface area contributed by atoms with E-state index in [-0.39, 0.29) is 0 Å². The number of hydrogen-bond donors (Lipinski definition) is 1. The molecule has 0 radical (unpaired) electrons. The van der Waals surface area contributed by atoms with Crippen molar-refractivity contribution in [2.24, 2.45) is 5.92 Å². The maximum atomic E-state index is 5.71. The summed E-state index contributed by atoms with van der Waals surface area (Å²) in [4.78, 5) is 1.39. The molecule has 0 unspecified atom stereocenters. The Morgan fingerprint density at radius 2 is 2.21 bits per heavy atom. The Kier molecular flexibility index (Phi) is 3.02. The summed E-state index contributed by atoms with van der Waals surface area (Å²) < 4.78 is 0. The Morgan fingerprint density at radius 3 is 2.79 bits per heavy atom. The zero-order valence-corrected chi connectivity index (χ0v) is 9.44. The minimum absolute atomic E-state index is 0.871. The number of hydrogen-bond acceptors (Lipinski definition) is 2. The zero-order chi connectivity index (χ0) is 9.97. The van der Waals surface area contributed by atoms with Crippen LogP contribution in [0.25, 0.3) is 0 Å². The molecule has 0 atom stereocenters. The maximum Gasteiger partial charge on any atom is 0.0317 e. The molecule has 0 amide bonds. The largest absolute Gasteiger partial charge is 0.399 e. The SMILES string of the molecule is Cc1cc(N)ccc1SCC1CCC1. The number of nitrogens with two attached hydrogens (primary N) is 1. The van der Waals surface area contributed by atoms with E-state index in [9.17, 15) is 0 Å². The van der Waals surface area contributed by atoms with Crippen LogP contribution in [0.15, 0.2) is 23.1 Å². The molecule has 1 aromatic carbocycles.